The molecule has 68 heavy (non-hydrogen) atoms. The predicted octanol–water partition coefficient (Wildman–Crippen LogP) is -14.1. The number of rotatable bonds is 20. The summed E-state index contributed by atoms with van der Waals surface area (Å²) in [4.78, 5) is 0. The first-order valence-corrected chi connectivity index (χ1v) is 21.6. The number of aliphatic hydroxyl groups is 21. The van der Waals surface area contributed by atoms with E-state index in [1.54, 1.807) is 0 Å². The third kappa shape index (κ3) is 12.1. The molecule has 5 heterocycles. The first-order chi connectivity index (χ1) is 32.1. The van der Waals surface area contributed by atoms with Crippen LogP contribution in [0.1, 0.15) is 6.92 Å². The molecule has 0 spiro atoms. The van der Waals surface area contributed by atoms with Gasteiger partial charge in [-0.1, -0.05) is 0 Å². The lowest BCUT2D eigenvalue weighted by Crippen LogP contribution is -2.70. The monoisotopic (exact) mass is 1010 g/mol. The highest BCUT2D eigenvalue weighted by molar-refractivity contribution is 5.02. The Balaban J connectivity index is 1.44. The maximum atomic E-state index is 11.7. The molecule has 5 rings (SSSR count). The molecule has 0 radical (unpaired) electrons. The molecule has 0 aromatic carbocycles. The van der Waals surface area contributed by atoms with Crippen LogP contribution in [0.3, 0.4) is 0 Å². The van der Waals surface area contributed by atoms with E-state index in [-0.39, 0.29) is 6.61 Å². The topological polar surface area (TPSA) is 517 Å². The molecule has 0 saturated carbocycles. The summed E-state index contributed by atoms with van der Waals surface area (Å²) in [6.45, 7) is -4.03. The maximum Gasteiger partial charge on any atom is 0.187 e. The second kappa shape index (κ2) is 25.1. The Hall–Kier alpha value is -1.24. The van der Waals surface area contributed by atoms with Gasteiger partial charge >= 0.3 is 0 Å². The molecule has 31 nitrogen and oxygen atoms in total. The summed E-state index contributed by atoms with van der Waals surface area (Å²) in [5, 5.41) is 223. The largest absolute Gasteiger partial charge is 0.394 e. The lowest BCUT2D eigenvalue weighted by atomic mass is 9.92. The van der Waals surface area contributed by atoms with Gasteiger partial charge in [0.2, 0.25) is 0 Å². The molecule has 400 valence electrons. The van der Waals surface area contributed by atoms with E-state index in [2.05, 4.69) is 0 Å². The van der Waals surface area contributed by atoms with Crippen molar-refractivity contribution < 1.29 is 155 Å². The third-order valence-corrected chi connectivity index (χ3v) is 12.3. The second-order valence-corrected chi connectivity index (χ2v) is 16.8. The molecule has 5 saturated heterocycles. The molecule has 5 aliphatic heterocycles. The summed E-state index contributed by atoms with van der Waals surface area (Å²) < 4.78 is 55.6. The fraction of sp³-hybridized carbons (Fsp3) is 1.00. The van der Waals surface area contributed by atoms with Crippen LogP contribution in [0.15, 0.2) is 0 Å². The number of hydrogen-bond acceptors (Lipinski definition) is 31. The van der Waals surface area contributed by atoms with E-state index in [1.807, 2.05) is 0 Å². The van der Waals surface area contributed by atoms with Crippen molar-refractivity contribution in [1.29, 1.82) is 0 Å². The summed E-state index contributed by atoms with van der Waals surface area (Å²) in [5.41, 5.74) is 0. The van der Waals surface area contributed by atoms with Gasteiger partial charge in [0.05, 0.1) is 33.0 Å². The van der Waals surface area contributed by atoms with Gasteiger partial charge in [-0.15, -0.1) is 0 Å². The maximum absolute atomic E-state index is 11.7. The number of hydrogen-bond donors (Lipinski definition) is 21. The van der Waals surface area contributed by atoms with Gasteiger partial charge in [0.25, 0.3) is 0 Å². The van der Waals surface area contributed by atoms with E-state index in [0.29, 0.717) is 0 Å². The molecule has 30 atom stereocenters. The molecule has 0 aromatic heterocycles. The first kappa shape index (κ1) is 57.7. The fourth-order valence-electron chi connectivity index (χ4n) is 8.44. The van der Waals surface area contributed by atoms with Crippen LogP contribution in [0.4, 0.5) is 0 Å². The second-order valence-electron chi connectivity index (χ2n) is 16.8. The van der Waals surface area contributed by atoms with Crippen molar-refractivity contribution in [1.82, 2.24) is 0 Å². The zero-order valence-electron chi connectivity index (χ0n) is 36.0. The standard InChI is InChI=1S/C37H66O31/c1-2-59-33-20(55)29(16(51)25(60-33)9(44)4-39)66-35-22(57)31(18(53)27(62-35)11(46)6-41)68-37-23(58)32(19(54)28(64-37)12(47)7-42)67-36-21(56)30(17(52)26(63-36)10(45)5-40)65-34-15(50)13(48)14(49)24(61-34)8(43)3-38/h8-58H,2-7H2,1H3/t8-,9-,10-,11-,12-,13+,14+,15?,16-,17-,18-,19-,20?,21?,22?,23?,24?,25?,26+,27+,28?,29+,30?,31?,32+,33+,34-,35-,36-,37-/m1/s1. The van der Waals surface area contributed by atoms with E-state index in [4.69, 9.17) is 47.4 Å². The van der Waals surface area contributed by atoms with Gasteiger partial charge in [0.15, 0.2) is 31.5 Å². The van der Waals surface area contributed by atoms with E-state index in [9.17, 15) is 107 Å². The molecule has 0 amide bonds. The van der Waals surface area contributed by atoms with Crippen molar-refractivity contribution in [2.75, 3.05) is 39.6 Å². The molecule has 5 fully saturated rings. The number of aliphatic hydroxyl groups excluding tert-OH is 21. The Morgan fingerprint density at radius 3 is 0.779 bits per heavy atom. The van der Waals surface area contributed by atoms with Gasteiger partial charge in [-0.3, -0.25) is 0 Å². The van der Waals surface area contributed by atoms with Crippen LogP contribution in [0.2, 0.25) is 0 Å². The minimum absolute atomic E-state index is 0.0983. The average Bonchev–Trinajstić information content (AvgIpc) is 3.33. The van der Waals surface area contributed by atoms with Gasteiger partial charge in [-0.05, 0) is 6.92 Å². The van der Waals surface area contributed by atoms with Crippen LogP contribution in [-0.4, -0.2) is 331 Å². The Morgan fingerprint density at radius 1 is 0.309 bits per heavy atom. The molecule has 10 unspecified atom stereocenters. The molecular formula is C37H66O31. The van der Waals surface area contributed by atoms with Gasteiger partial charge in [-0.25, -0.2) is 0 Å². The Kier molecular flexibility index (Phi) is 21.3. The van der Waals surface area contributed by atoms with Crippen molar-refractivity contribution in [2.45, 2.75) is 191 Å². The van der Waals surface area contributed by atoms with Gasteiger partial charge in [0.1, 0.15) is 153 Å². The zero-order chi connectivity index (χ0) is 50.6. The Labute approximate surface area is 385 Å². The van der Waals surface area contributed by atoms with Crippen LogP contribution in [0.5, 0.6) is 0 Å². The van der Waals surface area contributed by atoms with Crippen LogP contribution in [-0.2, 0) is 47.4 Å². The highest BCUT2D eigenvalue weighted by Crippen LogP contribution is 2.37. The first-order valence-electron chi connectivity index (χ1n) is 21.6. The number of ether oxygens (including phenoxy) is 10. The Morgan fingerprint density at radius 2 is 0.529 bits per heavy atom. The van der Waals surface area contributed by atoms with Gasteiger partial charge in [0, 0.05) is 6.61 Å². The molecule has 0 aliphatic carbocycles. The van der Waals surface area contributed by atoms with Crippen molar-refractivity contribution >= 4 is 0 Å². The molecule has 5 aliphatic rings. The molecule has 21 N–H and O–H groups in total. The van der Waals surface area contributed by atoms with E-state index in [1.165, 1.54) is 6.92 Å². The minimum Gasteiger partial charge on any atom is -0.394 e. The van der Waals surface area contributed by atoms with E-state index in [0.717, 1.165) is 0 Å². The Bertz CT molecular complexity index is 1490. The van der Waals surface area contributed by atoms with Crippen LogP contribution in [0, 0.1) is 0 Å². The minimum atomic E-state index is -2.43. The van der Waals surface area contributed by atoms with Crippen LogP contribution in [0.25, 0.3) is 0 Å². The summed E-state index contributed by atoms with van der Waals surface area (Å²) in [5.74, 6) is 0. The fourth-order valence-corrected chi connectivity index (χ4v) is 8.44. The van der Waals surface area contributed by atoms with Crippen molar-refractivity contribution in [3.05, 3.63) is 0 Å². The molecule has 31 heteroatoms. The zero-order valence-corrected chi connectivity index (χ0v) is 36.0. The molecule has 0 bridgehead atoms. The van der Waals surface area contributed by atoms with Gasteiger partial charge < -0.3 is 155 Å². The van der Waals surface area contributed by atoms with Crippen molar-refractivity contribution in [3.63, 3.8) is 0 Å². The van der Waals surface area contributed by atoms with E-state index >= 15 is 0 Å². The molecular weight excluding hydrogens is 940 g/mol. The highest BCUT2D eigenvalue weighted by Gasteiger charge is 2.59. The highest BCUT2D eigenvalue weighted by atomic mass is 16.8. The van der Waals surface area contributed by atoms with Gasteiger partial charge in [-0.2, -0.15) is 0 Å². The quantitative estimate of drug-likeness (QED) is 0.0538. The SMILES string of the molecule is CCO[C@H]1OC([C@H](O)CO)[C@@H](O)[C@H](O[C@H]2O[C@@H]([C@H](O)CO)[C@@H](O)C(O[C@H]3OC([C@H](O)CO)[C@@H](O)[C@H](O[C@H]4O[C@@H]([C@H](O)CO)[C@@H](O)C(O[C@H]5OC([C@H](O)CO)[C@@H](O)[C@H](O)C5O)C4O)C3O)C2O)C1O. The van der Waals surface area contributed by atoms with Crippen molar-refractivity contribution in [2.24, 2.45) is 0 Å². The summed E-state index contributed by atoms with van der Waals surface area (Å²) in [6, 6.07) is 0. The van der Waals surface area contributed by atoms with Crippen LogP contribution >= 0.6 is 0 Å². The van der Waals surface area contributed by atoms with Crippen molar-refractivity contribution in [3.8, 4) is 0 Å². The molecule has 0 aromatic rings. The smallest absolute Gasteiger partial charge is 0.187 e. The lowest BCUT2D eigenvalue weighted by molar-refractivity contribution is -0.402. The van der Waals surface area contributed by atoms with Crippen LogP contribution < -0.4 is 0 Å². The summed E-state index contributed by atoms with van der Waals surface area (Å²) >= 11 is 0. The van der Waals surface area contributed by atoms with E-state index < -0.39 is 217 Å². The normalized spacial score (nSPS) is 48.4. The lowest BCUT2D eigenvalue weighted by Gasteiger charge is -2.51. The predicted molar refractivity (Wildman–Crippen MR) is 206 cm³/mol. The third-order valence-electron chi connectivity index (χ3n) is 12.3. The summed E-state index contributed by atoms with van der Waals surface area (Å²) in [7, 11) is 0. The average molecular weight is 1010 g/mol. The summed E-state index contributed by atoms with van der Waals surface area (Å²) in [6.07, 6.45) is -62.8.